The summed E-state index contributed by atoms with van der Waals surface area (Å²) >= 11 is 0. The zero-order chi connectivity index (χ0) is 37.4. The molecule has 0 amide bonds. The highest BCUT2D eigenvalue weighted by Crippen LogP contribution is 2.52. The molecule has 6 rings (SSSR count). The van der Waals surface area contributed by atoms with E-state index in [2.05, 4.69) is 41.5 Å². The van der Waals surface area contributed by atoms with E-state index >= 15 is 0 Å². The lowest BCUT2D eigenvalue weighted by Crippen LogP contribution is -2.46. The van der Waals surface area contributed by atoms with Crippen LogP contribution in [0.25, 0.3) is 0 Å². The Labute approximate surface area is 313 Å². The number of para-hydroxylation sites is 2. The molecule has 0 N–H and O–H groups in total. The summed E-state index contributed by atoms with van der Waals surface area (Å²) in [6.07, 6.45) is 4.95. The summed E-state index contributed by atoms with van der Waals surface area (Å²) in [5.74, 6) is 3.83. The molecule has 2 heterocycles. The molecule has 12 atom stereocenters. The smallest absolute Gasteiger partial charge is 0.162 e. The zero-order valence-electron chi connectivity index (χ0n) is 33.4. The van der Waals surface area contributed by atoms with E-state index in [9.17, 15) is 0 Å². The summed E-state index contributed by atoms with van der Waals surface area (Å²) in [6, 6.07) is 16.0. The molecule has 2 aliphatic carbocycles. The number of ether oxygens (including phenoxy) is 9. The third kappa shape index (κ3) is 10.7. The topological polar surface area (TPSA) is 83.1 Å². The number of fused-ring (bicyclic) bond motifs is 4. The fourth-order valence-corrected chi connectivity index (χ4v) is 8.13. The van der Waals surface area contributed by atoms with Crippen LogP contribution in [-0.2, 0) is 33.2 Å². The van der Waals surface area contributed by atoms with Crippen LogP contribution in [0.2, 0.25) is 0 Å². The molecule has 2 saturated carbocycles. The molecule has 2 fully saturated rings. The van der Waals surface area contributed by atoms with Gasteiger partial charge in [0, 0.05) is 36.5 Å². The van der Waals surface area contributed by atoms with Crippen molar-refractivity contribution in [3.8, 4) is 11.5 Å². The number of benzene rings is 2. The molecule has 52 heavy (non-hydrogen) atoms. The van der Waals surface area contributed by atoms with Crippen LogP contribution in [0.15, 0.2) is 48.5 Å². The largest absolute Gasteiger partial charge is 0.493 e. The summed E-state index contributed by atoms with van der Waals surface area (Å²) in [7, 11) is 1.75. The molecule has 292 valence electrons. The number of hydrogen-bond donors (Lipinski definition) is 0. The maximum absolute atomic E-state index is 6.44. The normalized spacial score (nSPS) is 29.3. The van der Waals surface area contributed by atoms with Crippen molar-refractivity contribution < 1.29 is 42.6 Å². The van der Waals surface area contributed by atoms with E-state index in [-0.39, 0.29) is 54.8 Å². The Bertz CT molecular complexity index is 1360. The number of methoxy groups -OCH3 is 1. The molecule has 12 unspecified atom stereocenters. The van der Waals surface area contributed by atoms with Crippen LogP contribution in [0.5, 0.6) is 11.5 Å². The van der Waals surface area contributed by atoms with Crippen LogP contribution in [0.4, 0.5) is 0 Å². The van der Waals surface area contributed by atoms with Crippen molar-refractivity contribution in [2.75, 3.05) is 26.9 Å². The lowest BCUT2D eigenvalue weighted by atomic mass is 9.85. The minimum atomic E-state index is -0.353. The maximum Gasteiger partial charge on any atom is 0.162 e. The molecule has 2 aromatic carbocycles. The first-order chi connectivity index (χ1) is 24.9. The Hall–Kier alpha value is -2.24. The van der Waals surface area contributed by atoms with Crippen LogP contribution in [-0.4, -0.2) is 70.2 Å². The van der Waals surface area contributed by atoms with Crippen molar-refractivity contribution in [2.45, 2.75) is 150 Å². The number of hydrogen-bond acceptors (Lipinski definition) is 9. The highest BCUT2D eigenvalue weighted by Gasteiger charge is 2.54. The van der Waals surface area contributed by atoms with Gasteiger partial charge in [-0.3, -0.25) is 0 Å². The molecule has 2 aromatic rings. The summed E-state index contributed by atoms with van der Waals surface area (Å²) in [4.78, 5) is 0. The van der Waals surface area contributed by atoms with Crippen LogP contribution in [0.1, 0.15) is 118 Å². The quantitative estimate of drug-likeness (QED) is 0.167. The third-order valence-corrected chi connectivity index (χ3v) is 10.9. The molecular formula is C43H66O9. The molecular weight excluding hydrogens is 660 g/mol. The van der Waals surface area contributed by atoms with Crippen molar-refractivity contribution in [1.82, 2.24) is 0 Å². The van der Waals surface area contributed by atoms with Crippen LogP contribution >= 0.6 is 0 Å². The van der Waals surface area contributed by atoms with Crippen molar-refractivity contribution >= 4 is 0 Å². The van der Waals surface area contributed by atoms with E-state index < -0.39 is 0 Å². The van der Waals surface area contributed by atoms with Crippen molar-refractivity contribution in [3.05, 3.63) is 59.7 Å². The lowest BCUT2D eigenvalue weighted by Gasteiger charge is -2.40. The van der Waals surface area contributed by atoms with E-state index in [1.165, 1.54) is 12.8 Å². The van der Waals surface area contributed by atoms with Gasteiger partial charge in [-0.15, -0.1) is 0 Å². The van der Waals surface area contributed by atoms with Gasteiger partial charge in [0.15, 0.2) is 18.9 Å². The molecule has 4 aliphatic rings. The Kier molecular flexibility index (Phi) is 14.9. The molecule has 0 radical (unpaired) electrons. The first kappa shape index (κ1) is 40.9. The summed E-state index contributed by atoms with van der Waals surface area (Å²) in [6.45, 7) is 20.8. The van der Waals surface area contributed by atoms with Gasteiger partial charge in [-0.2, -0.15) is 0 Å². The highest BCUT2D eigenvalue weighted by molar-refractivity contribution is 5.37. The van der Waals surface area contributed by atoms with Gasteiger partial charge in [0.1, 0.15) is 11.5 Å². The average Bonchev–Trinajstić information content (AvgIpc) is 3.66. The van der Waals surface area contributed by atoms with Crippen LogP contribution in [0, 0.1) is 23.2 Å². The Morgan fingerprint density at radius 1 is 0.731 bits per heavy atom. The third-order valence-electron chi connectivity index (χ3n) is 10.9. The Balaban J connectivity index is 0.000000217. The van der Waals surface area contributed by atoms with E-state index in [0.29, 0.717) is 37.8 Å². The molecule has 2 aliphatic heterocycles. The lowest BCUT2D eigenvalue weighted by molar-refractivity contribution is -0.243. The summed E-state index contributed by atoms with van der Waals surface area (Å²) in [5, 5.41) is 0. The average molecular weight is 727 g/mol. The van der Waals surface area contributed by atoms with Crippen molar-refractivity contribution in [3.63, 3.8) is 0 Å². The molecule has 0 saturated heterocycles. The second-order valence-corrected chi connectivity index (χ2v) is 16.2. The van der Waals surface area contributed by atoms with Crippen molar-refractivity contribution in [1.29, 1.82) is 0 Å². The molecule has 0 spiro atoms. The fourth-order valence-electron chi connectivity index (χ4n) is 8.13. The van der Waals surface area contributed by atoms with Crippen LogP contribution < -0.4 is 9.47 Å². The molecule has 2 bridgehead atoms. The monoisotopic (exact) mass is 726 g/mol. The predicted octanol–water partition coefficient (Wildman–Crippen LogP) is 9.43. The Morgan fingerprint density at radius 2 is 1.31 bits per heavy atom. The SMILES string of the molecule is CC(COC(C)OC1CCOc2ccccc21)OC(C)OC1CCOc2ccccc21.CCC(C)OC1C2CC(C)C(C2)C1OC(OC)C(C)(C)C. The molecule has 9 nitrogen and oxygen atoms in total. The minimum Gasteiger partial charge on any atom is -0.493 e. The van der Waals surface area contributed by atoms with Crippen LogP contribution in [0.3, 0.4) is 0 Å². The predicted molar refractivity (Wildman–Crippen MR) is 201 cm³/mol. The zero-order valence-corrected chi connectivity index (χ0v) is 33.4. The van der Waals surface area contributed by atoms with Gasteiger partial charge in [-0.05, 0) is 76.8 Å². The first-order valence-corrected chi connectivity index (χ1v) is 19.7. The minimum absolute atomic E-state index is 0.0132. The van der Waals surface area contributed by atoms with Gasteiger partial charge >= 0.3 is 0 Å². The first-order valence-electron chi connectivity index (χ1n) is 19.7. The highest BCUT2D eigenvalue weighted by atomic mass is 16.7. The van der Waals surface area contributed by atoms with Crippen molar-refractivity contribution in [2.24, 2.45) is 23.2 Å². The van der Waals surface area contributed by atoms with E-state index in [1.807, 2.05) is 69.3 Å². The fraction of sp³-hybridized carbons (Fsp3) is 0.721. The second kappa shape index (κ2) is 18.9. The molecule has 9 heteroatoms. The van der Waals surface area contributed by atoms with Gasteiger partial charge in [0.25, 0.3) is 0 Å². The number of rotatable bonds is 15. The molecule has 0 aromatic heterocycles. The van der Waals surface area contributed by atoms with Gasteiger partial charge in [0.05, 0.1) is 56.4 Å². The summed E-state index contributed by atoms with van der Waals surface area (Å²) in [5.41, 5.74) is 2.14. The van der Waals surface area contributed by atoms with E-state index in [1.54, 1.807) is 7.11 Å². The Morgan fingerprint density at radius 3 is 1.87 bits per heavy atom. The standard InChI is InChI=1S/C25H32O6.C18H34O3/c1-17(29-19(3)31-25-13-15-27-23-11-7-5-9-21(23)25)16-28-18(2)30-24-12-14-26-22-10-6-4-8-20(22)24;1-8-12(3)20-15-13-9-11(2)14(10-13)16(15)21-17(19-7)18(4,5)6/h4-11,17-19,24-25H,12-16H2,1-3H3;11-17H,8-10H2,1-7H3. The van der Waals surface area contributed by atoms with Gasteiger partial charge in [0.2, 0.25) is 0 Å². The second-order valence-electron chi connectivity index (χ2n) is 16.2. The van der Waals surface area contributed by atoms with Gasteiger partial charge < -0.3 is 42.6 Å². The van der Waals surface area contributed by atoms with Gasteiger partial charge in [-0.1, -0.05) is 71.0 Å². The van der Waals surface area contributed by atoms with Gasteiger partial charge in [-0.25, -0.2) is 0 Å². The van der Waals surface area contributed by atoms with E-state index in [0.717, 1.165) is 47.8 Å². The summed E-state index contributed by atoms with van der Waals surface area (Å²) < 4.78 is 54.0. The maximum atomic E-state index is 6.44. The van der Waals surface area contributed by atoms with E-state index in [4.69, 9.17) is 42.6 Å².